The van der Waals surface area contributed by atoms with Crippen LogP contribution in [0.1, 0.15) is 19.8 Å². The van der Waals surface area contributed by atoms with Crippen molar-refractivity contribution in [3.05, 3.63) is 24.3 Å². The van der Waals surface area contributed by atoms with Crippen molar-refractivity contribution in [1.82, 2.24) is 4.90 Å². The molecule has 1 atom stereocenters. The van der Waals surface area contributed by atoms with Gasteiger partial charge in [0.05, 0.1) is 0 Å². The molecule has 1 unspecified atom stereocenters. The van der Waals surface area contributed by atoms with Gasteiger partial charge in [-0.15, -0.1) is 0 Å². The maximum atomic E-state index is 12.1. The van der Waals surface area contributed by atoms with E-state index in [1.807, 2.05) is 31.1 Å². The van der Waals surface area contributed by atoms with Crippen LogP contribution in [0.3, 0.4) is 0 Å². The first-order valence-electron chi connectivity index (χ1n) is 7.35. The van der Waals surface area contributed by atoms with Crippen LogP contribution in [-0.4, -0.2) is 43.9 Å². The van der Waals surface area contributed by atoms with Crippen LogP contribution < -0.4 is 10.2 Å². The molecule has 1 N–H and O–H groups in total. The van der Waals surface area contributed by atoms with Gasteiger partial charge >= 0.3 is 11.8 Å². The minimum atomic E-state index is -0.554. The van der Waals surface area contributed by atoms with E-state index < -0.39 is 11.8 Å². The Morgan fingerprint density at radius 2 is 1.90 bits per heavy atom. The lowest BCUT2D eigenvalue weighted by atomic mass is 10.0. The monoisotopic (exact) mass is 289 g/mol. The standard InChI is InChI=1S/C16H23N3O2/c1-12-5-4-10-19(11-12)16(21)15(20)17-13-6-8-14(9-7-13)18(2)3/h6-9,12H,4-5,10-11H2,1-3H3,(H,17,20). The summed E-state index contributed by atoms with van der Waals surface area (Å²) in [5, 5.41) is 2.67. The van der Waals surface area contributed by atoms with Crippen LogP contribution in [0.25, 0.3) is 0 Å². The normalized spacial score (nSPS) is 18.2. The summed E-state index contributed by atoms with van der Waals surface area (Å²) in [6.45, 7) is 3.46. The number of hydrogen-bond donors (Lipinski definition) is 1. The Morgan fingerprint density at radius 3 is 2.48 bits per heavy atom. The molecule has 0 bridgehead atoms. The number of carbonyl (C=O) groups excluding carboxylic acids is 2. The lowest BCUT2D eigenvalue weighted by Gasteiger charge is -2.30. The van der Waals surface area contributed by atoms with Crippen molar-refractivity contribution < 1.29 is 9.59 Å². The first-order chi connectivity index (χ1) is 9.97. The van der Waals surface area contributed by atoms with E-state index in [9.17, 15) is 9.59 Å². The summed E-state index contributed by atoms with van der Waals surface area (Å²) in [6, 6.07) is 7.42. The maximum absolute atomic E-state index is 12.1. The maximum Gasteiger partial charge on any atom is 0.313 e. The number of piperidine rings is 1. The highest BCUT2D eigenvalue weighted by molar-refractivity contribution is 6.39. The van der Waals surface area contributed by atoms with E-state index in [2.05, 4.69) is 12.2 Å². The molecule has 5 nitrogen and oxygen atoms in total. The molecule has 1 aliphatic heterocycles. The molecule has 1 saturated heterocycles. The van der Waals surface area contributed by atoms with Crippen LogP contribution in [0.2, 0.25) is 0 Å². The number of rotatable bonds is 2. The molecule has 0 spiro atoms. The van der Waals surface area contributed by atoms with Gasteiger partial charge < -0.3 is 15.1 Å². The second kappa shape index (κ2) is 6.61. The van der Waals surface area contributed by atoms with Crippen molar-refractivity contribution in [3.63, 3.8) is 0 Å². The van der Waals surface area contributed by atoms with Gasteiger partial charge in [-0.1, -0.05) is 6.92 Å². The van der Waals surface area contributed by atoms with Gasteiger partial charge in [-0.3, -0.25) is 9.59 Å². The summed E-state index contributed by atoms with van der Waals surface area (Å²) >= 11 is 0. The zero-order valence-electron chi connectivity index (χ0n) is 12.9. The highest BCUT2D eigenvalue weighted by Crippen LogP contribution is 2.17. The molecule has 0 aromatic heterocycles. The van der Waals surface area contributed by atoms with E-state index in [4.69, 9.17) is 0 Å². The van der Waals surface area contributed by atoms with Gasteiger partial charge in [-0.25, -0.2) is 0 Å². The molecule has 1 aliphatic rings. The molecule has 0 saturated carbocycles. The van der Waals surface area contributed by atoms with E-state index in [-0.39, 0.29) is 0 Å². The Balaban J connectivity index is 1.95. The number of nitrogens with one attached hydrogen (secondary N) is 1. The van der Waals surface area contributed by atoms with Crippen LogP contribution in [0.5, 0.6) is 0 Å². The summed E-state index contributed by atoms with van der Waals surface area (Å²) < 4.78 is 0. The molecule has 1 fully saturated rings. The average Bonchev–Trinajstić information content (AvgIpc) is 2.47. The summed E-state index contributed by atoms with van der Waals surface area (Å²) in [6.07, 6.45) is 2.09. The molecule has 21 heavy (non-hydrogen) atoms. The Bertz CT molecular complexity index is 511. The predicted octanol–water partition coefficient (Wildman–Crippen LogP) is 1.95. The van der Waals surface area contributed by atoms with Crippen molar-refractivity contribution >= 4 is 23.2 Å². The van der Waals surface area contributed by atoms with Gasteiger partial charge in [0.2, 0.25) is 0 Å². The lowest BCUT2D eigenvalue weighted by molar-refractivity contribution is -0.144. The second-order valence-electron chi connectivity index (χ2n) is 5.89. The third-order valence-electron chi connectivity index (χ3n) is 3.78. The largest absolute Gasteiger partial charge is 0.378 e. The number of anilines is 2. The smallest absolute Gasteiger partial charge is 0.313 e. The van der Waals surface area contributed by atoms with Crippen LogP contribution in [0, 0.1) is 5.92 Å². The minimum absolute atomic E-state index is 0.432. The molecule has 2 amide bonds. The Morgan fingerprint density at radius 1 is 1.24 bits per heavy atom. The van der Waals surface area contributed by atoms with Gasteiger partial charge in [-0.2, -0.15) is 0 Å². The van der Waals surface area contributed by atoms with Crippen LogP contribution in [-0.2, 0) is 9.59 Å². The van der Waals surface area contributed by atoms with E-state index in [0.717, 1.165) is 18.5 Å². The van der Waals surface area contributed by atoms with Crippen molar-refractivity contribution in [3.8, 4) is 0 Å². The summed E-state index contributed by atoms with van der Waals surface area (Å²) in [7, 11) is 3.91. The fourth-order valence-electron chi connectivity index (χ4n) is 2.54. The number of nitrogens with zero attached hydrogens (tertiary/aromatic N) is 2. The van der Waals surface area contributed by atoms with Crippen molar-refractivity contribution in [2.45, 2.75) is 19.8 Å². The zero-order valence-corrected chi connectivity index (χ0v) is 12.9. The topological polar surface area (TPSA) is 52.7 Å². The number of benzene rings is 1. The quantitative estimate of drug-likeness (QED) is 0.847. The number of carbonyl (C=O) groups is 2. The van der Waals surface area contributed by atoms with Crippen LogP contribution in [0.4, 0.5) is 11.4 Å². The molecular formula is C16H23N3O2. The molecule has 5 heteroatoms. The van der Waals surface area contributed by atoms with Crippen LogP contribution >= 0.6 is 0 Å². The van der Waals surface area contributed by atoms with Gasteiger partial charge in [0.15, 0.2) is 0 Å². The molecule has 1 aromatic carbocycles. The zero-order chi connectivity index (χ0) is 15.4. The number of likely N-dealkylation sites (tertiary alicyclic amines) is 1. The molecule has 0 aliphatic carbocycles. The third kappa shape index (κ3) is 3.97. The molecule has 1 heterocycles. The van der Waals surface area contributed by atoms with Gasteiger partial charge in [0.25, 0.3) is 0 Å². The van der Waals surface area contributed by atoms with E-state index in [1.54, 1.807) is 17.0 Å². The van der Waals surface area contributed by atoms with Crippen LogP contribution in [0.15, 0.2) is 24.3 Å². The van der Waals surface area contributed by atoms with E-state index in [1.165, 1.54) is 0 Å². The first-order valence-corrected chi connectivity index (χ1v) is 7.35. The second-order valence-corrected chi connectivity index (χ2v) is 5.89. The molecule has 114 valence electrons. The lowest BCUT2D eigenvalue weighted by Crippen LogP contribution is -2.44. The number of hydrogen-bond acceptors (Lipinski definition) is 3. The molecule has 0 radical (unpaired) electrons. The van der Waals surface area contributed by atoms with Crippen molar-refractivity contribution in [1.29, 1.82) is 0 Å². The predicted molar refractivity (Wildman–Crippen MR) is 84.4 cm³/mol. The first kappa shape index (κ1) is 15.4. The Labute approximate surface area is 125 Å². The Kier molecular flexibility index (Phi) is 4.83. The Hall–Kier alpha value is -2.04. The highest BCUT2D eigenvalue weighted by Gasteiger charge is 2.26. The average molecular weight is 289 g/mol. The molecular weight excluding hydrogens is 266 g/mol. The SMILES string of the molecule is CC1CCCN(C(=O)C(=O)Nc2ccc(N(C)C)cc2)C1. The van der Waals surface area contributed by atoms with E-state index >= 15 is 0 Å². The molecule has 2 rings (SSSR count). The van der Waals surface area contributed by atoms with Gasteiger partial charge in [-0.05, 0) is 43.0 Å². The minimum Gasteiger partial charge on any atom is -0.378 e. The van der Waals surface area contributed by atoms with Crippen molar-refractivity contribution in [2.75, 3.05) is 37.4 Å². The fourth-order valence-corrected chi connectivity index (χ4v) is 2.54. The van der Waals surface area contributed by atoms with Gasteiger partial charge in [0, 0.05) is 38.6 Å². The molecule has 1 aromatic rings. The highest BCUT2D eigenvalue weighted by atomic mass is 16.2. The summed E-state index contributed by atoms with van der Waals surface area (Å²) in [5.41, 5.74) is 1.69. The summed E-state index contributed by atoms with van der Waals surface area (Å²) in [5.74, 6) is -0.519. The third-order valence-corrected chi connectivity index (χ3v) is 3.78. The van der Waals surface area contributed by atoms with Crippen molar-refractivity contribution in [2.24, 2.45) is 5.92 Å². The van der Waals surface area contributed by atoms with E-state index in [0.29, 0.717) is 24.7 Å². The fraction of sp³-hybridized carbons (Fsp3) is 0.500. The van der Waals surface area contributed by atoms with Gasteiger partial charge in [0.1, 0.15) is 0 Å². The summed E-state index contributed by atoms with van der Waals surface area (Å²) in [4.78, 5) is 27.8. The number of amides is 2.